The minimum atomic E-state index is -0.00983. The zero-order valence-corrected chi connectivity index (χ0v) is 10.8. The van der Waals surface area contributed by atoms with E-state index in [-0.39, 0.29) is 11.9 Å². The third kappa shape index (κ3) is 3.01. The Morgan fingerprint density at radius 2 is 2.28 bits per heavy atom. The smallest absolute Gasteiger partial charge is 0.163 e. The molecular formula is C14H18O4. The van der Waals surface area contributed by atoms with Crippen LogP contribution in [0.5, 0.6) is 11.5 Å². The first-order chi connectivity index (χ1) is 8.70. The number of carbonyl (C=O) groups excluding carboxylic acids is 1. The maximum absolute atomic E-state index is 11.6. The van der Waals surface area contributed by atoms with Gasteiger partial charge in [0.25, 0.3) is 0 Å². The highest BCUT2D eigenvalue weighted by Crippen LogP contribution is 2.27. The summed E-state index contributed by atoms with van der Waals surface area (Å²) in [5.74, 6) is 1.26. The number of Topliss-reactive ketones (excluding diaryl/α,β-unsaturated/α-hetero) is 1. The minimum Gasteiger partial charge on any atom is -0.497 e. The molecule has 0 spiro atoms. The number of hydrogen-bond acceptors (Lipinski definition) is 4. The second-order valence-corrected chi connectivity index (χ2v) is 4.38. The summed E-state index contributed by atoms with van der Waals surface area (Å²) in [7, 11) is 1.59. The van der Waals surface area contributed by atoms with Gasteiger partial charge in [-0.2, -0.15) is 0 Å². The van der Waals surface area contributed by atoms with Gasteiger partial charge in [-0.25, -0.2) is 0 Å². The van der Waals surface area contributed by atoms with E-state index in [2.05, 4.69) is 0 Å². The number of rotatable bonds is 4. The van der Waals surface area contributed by atoms with Crippen LogP contribution in [-0.4, -0.2) is 32.2 Å². The molecule has 1 atom stereocenters. The lowest BCUT2D eigenvalue weighted by Crippen LogP contribution is -2.28. The highest BCUT2D eigenvalue weighted by atomic mass is 16.5. The maximum atomic E-state index is 11.6. The van der Waals surface area contributed by atoms with Crippen LogP contribution >= 0.6 is 0 Å². The summed E-state index contributed by atoms with van der Waals surface area (Å²) >= 11 is 0. The molecule has 0 aromatic heterocycles. The van der Waals surface area contributed by atoms with E-state index in [0.717, 1.165) is 19.4 Å². The summed E-state index contributed by atoms with van der Waals surface area (Å²) in [5, 5.41) is 0. The topological polar surface area (TPSA) is 44.8 Å². The van der Waals surface area contributed by atoms with Crippen molar-refractivity contribution in [2.24, 2.45) is 0 Å². The van der Waals surface area contributed by atoms with Crippen LogP contribution in [0.25, 0.3) is 0 Å². The highest BCUT2D eigenvalue weighted by Gasteiger charge is 2.18. The fourth-order valence-electron chi connectivity index (χ4n) is 2.00. The van der Waals surface area contributed by atoms with E-state index < -0.39 is 0 Å². The third-order valence-corrected chi connectivity index (χ3v) is 2.98. The zero-order valence-electron chi connectivity index (χ0n) is 10.8. The lowest BCUT2D eigenvalue weighted by molar-refractivity contribution is 0.00704. The van der Waals surface area contributed by atoms with E-state index >= 15 is 0 Å². The summed E-state index contributed by atoms with van der Waals surface area (Å²) in [6, 6.07) is 5.26. The summed E-state index contributed by atoms with van der Waals surface area (Å²) in [5.41, 5.74) is 0.585. The predicted octanol–water partition coefficient (Wildman–Crippen LogP) is 2.46. The molecule has 2 rings (SSSR count). The Hall–Kier alpha value is -1.55. The molecule has 1 fully saturated rings. The number of ketones is 1. The summed E-state index contributed by atoms with van der Waals surface area (Å²) < 4.78 is 16.4. The van der Waals surface area contributed by atoms with Gasteiger partial charge in [0, 0.05) is 12.7 Å². The van der Waals surface area contributed by atoms with Crippen molar-refractivity contribution in [1.29, 1.82) is 0 Å². The number of carbonyl (C=O) groups is 1. The second kappa shape index (κ2) is 5.87. The van der Waals surface area contributed by atoms with Crippen LogP contribution in [0.3, 0.4) is 0 Å². The number of benzene rings is 1. The molecule has 0 bridgehead atoms. The second-order valence-electron chi connectivity index (χ2n) is 4.38. The summed E-state index contributed by atoms with van der Waals surface area (Å²) in [6.07, 6.45) is 1.96. The monoisotopic (exact) mass is 250 g/mol. The van der Waals surface area contributed by atoms with Crippen molar-refractivity contribution in [3.05, 3.63) is 23.8 Å². The van der Waals surface area contributed by atoms with Gasteiger partial charge in [-0.15, -0.1) is 0 Å². The van der Waals surface area contributed by atoms with Crippen LogP contribution in [0.4, 0.5) is 0 Å². The van der Waals surface area contributed by atoms with E-state index in [9.17, 15) is 4.79 Å². The molecule has 0 amide bonds. The van der Waals surface area contributed by atoms with Gasteiger partial charge in [0.2, 0.25) is 0 Å². The zero-order chi connectivity index (χ0) is 13.0. The predicted molar refractivity (Wildman–Crippen MR) is 67.5 cm³/mol. The fraction of sp³-hybridized carbons (Fsp3) is 0.500. The van der Waals surface area contributed by atoms with Crippen LogP contribution in [0.1, 0.15) is 30.1 Å². The van der Waals surface area contributed by atoms with Gasteiger partial charge in [-0.1, -0.05) is 0 Å². The first-order valence-electron chi connectivity index (χ1n) is 6.14. The van der Waals surface area contributed by atoms with Crippen molar-refractivity contribution in [3.8, 4) is 11.5 Å². The SMILES string of the molecule is COc1ccc(C(C)=O)c(OC2CCCOC2)c1. The minimum absolute atomic E-state index is 0.00983. The maximum Gasteiger partial charge on any atom is 0.163 e. The Kier molecular flexibility index (Phi) is 4.20. The standard InChI is InChI=1S/C14H18O4/c1-10(15)13-6-5-11(16-2)8-14(13)18-12-4-3-7-17-9-12/h5-6,8,12H,3-4,7,9H2,1-2H3. The average Bonchev–Trinajstić information content (AvgIpc) is 2.39. The molecule has 1 aliphatic rings. The highest BCUT2D eigenvalue weighted by molar-refractivity contribution is 5.97. The van der Waals surface area contributed by atoms with Crippen LogP contribution in [0.2, 0.25) is 0 Å². The van der Waals surface area contributed by atoms with Crippen molar-refractivity contribution in [2.45, 2.75) is 25.9 Å². The Balaban J connectivity index is 2.19. The normalized spacial score (nSPS) is 19.3. The molecule has 1 unspecified atom stereocenters. The van der Waals surface area contributed by atoms with E-state index in [0.29, 0.717) is 23.7 Å². The molecule has 0 aliphatic carbocycles. The quantitative estimate of drug-likeness (QED) is 0.770. The molecule has 18 heavy (non-hydrogen) atoms. The van der Waals surface area contributed by atoms with E-state index in [1.807, 2.05) is 0 Å². The summed E-state index contributed by atoms with van der Waals surface area (Å²) in [6.45, 7) is 2.90. The molecule has 1 aromatic rings. The molecule has 4 nitrogen and oxygen atoms in total. The molecule has 98 valence electrons. The van der Waals surface area contributed by atoms with Gasteiger partial charge < -0.3 is 14.2 Å². The van der Waals surface area contributed by atoms with E-state index in [4.69, 9.17) is 14.2 Å². The van der Waals surface area contributed by atoms with Crippen LogP contribution in [0, 0.1) is 0 Å². The molecule has 0 radical (unpaired) electrons. The van der Waals surface area contributed by atoms with Crippen LogP contribution in [0.15, 0.2) is 18.2 Å². The van der Waals surface area contributed by atoms with Gasteiger partial charge >= 0.3 is 0 Å². The Labute approximate surface area is 107 Å². The Morgan fingerprint density at radius 3 is 2.89 bits per heavy atom. The fourth-order valence-corrected chi connectivity index (χ4v) is 2.00. The lowest BCUT2D eigenvalue weighted by atomic mass is 10.1. The average molecular weight is 250 g/mol. The molecule has 0 saturated carbocycles. The largest absolute Gasteiger partial charge is 0.497 e. The first-order valence-corrected chi connectivity index (χ1v) is 6.14. The van der Waals surface area contributed by atoms with Crippen LogP contribution < -0.4 is 9.47 Å². The first kappa shape index (κ1) is 12.9. The van der Waals surface area contributed by atoms with Crippen molar-refractivity contribution in [2.75, 3.05) is 20.3 Å². The number of methoxy groups -OCH3 is 1. The molecule has 0 N–H and O–H groups in total. The van der Waals surface area contributed by atoms with Crippen molar-refractivity contribution >= 4 is 5.78 Å². The van der Waals surface area contributed by atoms with Gasteiger partial charge in [0.05, 0.1) is 19.3 Å². The third-order valence-electron chi connectivity index (χ3n) is 2.98. The Bertz CT molecular complexity index is 422. The van der Waals surface area contributed by atoms with Gasteiger partial charge in [0.15, 0.2) is 5.78 Å². The molecule has 1 heterocycles. The van der Waals surface area contributed by atoms with Gasteiger partial charge in [-0.3, -0.25) is 4.79 Å². The molecule has 4 heteroatoms. The molecule has 1 aliphatic heterocycles. The Morgan fingerprint density at radius 1 is 1.44 bits per heavy atom. The number of hydrogen-bond donors (Lipinski definition) is 0. The van der Waals surface area contributed by atoms with Crippen molar-refractivity contribution < 1.29 is 19.0 Å². The molecule has 1 saturated heterocycles. The lowest BCUT2D eigenvalue weighted by Gasteiger charge is -2.24. The van der Waals surface area contributed by atoms with Crippen molar-refractivity contribution in [1.82, 2.24) is 0 Å². The molecular weight excluding hydrogens is 232 g/mol. The van der Waals surface area contributed by atoms with Gasteiger partial charge in [0.1, 0.15) is 17.6 Å². The van der Waals surface area contributed by atoms with Crippen LogP contribution in [-0.2, 0) is 4.74 Å². The van der Waals surface area contributed by atoms with E-state index in [1.165, 1.54) is 6.92 Å². The van der Waals surface area contributed by atoms with Gasteiger partial charge in [-0.05, 0) is 31.9 Å². The molecule has 1 aromatic carbocycles. The number of ether oxygens (including phenoxy) is 3. The van der Waals surface area contributed by atoms with E-state index in [1.54, 1.807) is 25.3 Å². The van der Waals surface area contributed by atoms with Crippen molar-refractivity contribution in [3.63, 3.8) is 0 Å². The summed E-state index contributed by atoms with van der Waals surface area (Å²) in [4.78, 5) is 11.6.